The zero-order valence-electron chi connectivity index (χ0n) is 14.2. The molecule has 1 aromatic carbocycles. The van der Waals surface area contributed by atoms with Crippen molar-refractivity contribution in [3.05, 3.63) is 17.7 Å². The van der Waals surface area contributed by atoms with Gasteiger partial charge in [0.2, 0.25) is 5.75 Å². The molecule has 0 aromatic heterocycles. The van der Waals surface area contributed by atoms with Crippen LogP contribution >= 0.6 is 0 Å². The lowest BCUT2D eigenvalue weighted by atomic mass is 10.1. The molecule has 1 fully saturated rings. The molecule has 1 saturated heterocycles. The molecule has 124 valence electrons. The van der Waals surface area contributed by atoms with Gasteiger partial charge in [0.05, 0.1) is 21.3 Å². The lowest BCUT2D eigenvalue weighted by Crippen LogP contribution is -2.46. The highest BCUT2D eigenvalue weighted by molar-refractivity contribution is 5.55. The van der Waals surface area contributed by atoms with Crippen LogP contribution in [-0.4, -0.2) is 63.9 Å². The van der Waals surface area contributed by atoms with Crippen LogP contribution in [0.15, 0.2) is 12.1 Å². The van der Waals surface area contributed by atoms with Crippen molar-refractivity contribution in [1.29, 1.82) is 0 Å². The third-order valence-corrected chi connectivity index (χ3v) is 4.18. The predicted octanol–water partition coefficient (Wildman–Crippen LogP) is 2.24. The van der Waals surface area contributed by atoms with Gasteiger partial charge in [0.15, 0.2) is 11.5 Å². The van der Waals surface area contributed by atoms with Crippen LogP contribution < -0.4 is 14.2 Å². The third kappa shape index (κ3) is 3.84. The maximum Gasteiger partial charge on any atom is 0.203 e. The fourth-order valence-electron chi connectivity index (χ4n) is 3.02. The van der Waals surface area contributed by atoms with Crippen molar-refractivity contribution in [1.82, 2.24) is 9.80 Å². The summed E-state index contributed by atoms with van der Waals surface area (Å²) in [5, 5.41) is 0. The summed E-state index contributed by atoms with van der Waals surface area (Å²) in [7, 11) is 4.97. The summed E-state index contributed by atoms with van der Waals surface area (Å²) in [6.07, 6.45) is 1.23. The van der Waals surface area contributed by atoms with Crippen LogP contribution in [0.25, 0.3) is 0 Å². The summed E-state index contributed by atoms with van der Waals surface area (Å²) < 4.78 is 16.4. The van der Waals surface area contributed by atoms with E-state index in [9.17, 15) is 0 Å². The van der Waals surface area contributed by atoms with Crippen molar-refractivity contribution >= 4 is 0 Å². The molecule has 1 heterocycles. The van der Waals surface area contributed by atoms with Gasteiger partial charge in [0.1, 0.15) is 0 Å². The second-order valence-electron chi connectivity index (χ2n) is 5.61. The van der Waals surface area contributed by atoms with E-state index in [0.717, 1.165) is 44.0 Å². The molecule has 1 aromatic rings. The van der Waals surface area contributed by atoms with Crippen molar-refractivity contribution in [2.24, 2.45) is 0 Å². The first-order valence-electron chi connectivity index (χ1n) is 7.96. The van der Waals surface area contributed by atoms with Crippen molar-refractivity contribution in [2.45, 2.75) is 19.9 Å². The second kappa shape index (κ2) is 8.25. The molecular formula is C17H28N2O3. The number of hydrogen-bond donors (Lipinski definition) is 0. The van der Waals surface area contributed by atoms with Crippen LogP contribution in [0.5, 0.6) is 17.2 Å². The van der Waals surface area contributed by atoms with Gasteiger partial charge in [-0.3, -0.25) is 4.90 Å². The Morgan fingerprint density at radius 1 is 0.864 bits per heavy atom. The average Bonchev–Trinajstić information content (AvgIpc) is 2.56. The Morgan fingerprint density at radius 3 is 2.05 bits per heavy atom. The number of benzene rings is 1. The smallest absolute Gasteiger partial charge is 0.203 e. The highest BCUT2D eigenvalue weighted by Crippen LogP contribution is 2.40. The maximum atomic E-state index is 5.57. The summed E-state index contributed by atoms with van der Waals surface area (Å²) in [6.45, 7) is 8.79. The molecule has 5 nitrogen and oxygen atoms in total. The zero-order valence-corrected chi connectivity index (χ0v) is 14.2. The van der Waals surface area contributed by atoms with Gasteiger partial charge in [-0.05, 0) is 19.0 Å². The Labute approximate surface area is 133 Å². The first kappa shape index (κ1) is 16.9. The SMILES string of the molecule is CCCN1CCN(Cc2ccc(OC)c(OC)c2OC)CC1. The molecule has 0 amide bonds. The molecule has 0 bridgehead atoms. The standard InChI is InChI=1S/C17H28N2O3/c1-5-8-18-9-11-19(12-10-18)13-14-6-7-15(20-2)17(22-4)16(14)21-3/h6-7H,5,8-13H2,1-4H3. The molecule has 1 aliphatic rings. The average molecular weight is 308 g/mol. The third-order valence-electron chi connectivity index (χ3n) is 4.18. The Morgan fingerprint density at radius 2 is 1.50 bits per heavy atom. The summed E-state index contributed by atoms with van der Waals surface area (Å²) in [5.74, 6) is 2.15. The number of ether oxygens (including phenoxy) is 3. The molecule has 0 unspecified atom stereocenters. The van der Waals surface area contributed by atoms with Gasteiger partial charge in [-0.1, -0.05) is 13.0 Å². The van der Waals surface area contributed by atoms with Crippen molar-refractivity contribution < 1.29 is 14.2 Å². The monoisotopic (exact) mass is 308 g/mol. The molecule has 2 rings (SSSR count). The fourth-order valence-corrected chi connectivity index (χ4v) is 3.02. The van der Waals surface area contributed by atoms with Crippen molar-refractivity contribution in [3.63, 3.8) is 0 Å². The predicted molar refractivity (Wildman–Crippen MR) is 88.1 cm³/mol. The molecule has 0 radical (unpaired) electrons. The lowest BCUT2D eigenvalue weighted by molar-refractivity contribution is 0.126. The van der Waals surface area contributed by atoms with Gasteiger partial charge in [-0.2, -0.15) is 0 Å². The van der Waals surface area contributed by atoms with Crippen molar-refractivity contribution in [3.8, 4) is 17.2 Å². The van der Waals surface area contributed by atoms with E-state index in [-0.39, 0.29) is 0 Å². The van der Waals surface area contributed by atoms with Gasteiger partial charge in [0, 0.05) is 38.3 Å². The highest BCUT2D eigenvalue weighted by Gasteiger charge is 2.20. The fraction of sp³-hybridized carbons (Fsp3) is 0.647. The summed E-state index contributed by atoms with van der Waals surface area (Å²) in [4.78, 5) is 5.00. The van der Waals surface area contributed by atoms with Gasteiger partial charge in [-0.15, -0.1) is 0 Å². The second-order valence-corrected chi connectivity index (χ2v) is 5.61. The van der Waals surface area contributed by atoms with E-state index in [2.05, 4.69) is 22.8 Å². The van der Waals surface area contributed by atoms with Gasteiger partial charge in [-0.25, -0.2) is 0 Å². The summed E-state index contributed by atoms with van der Waals surface area (Å²) in [5.41, 5.74) is 1.14. The molecule has 0 atom stereocenters. The first-order chi connectivity index (χ1) is 10.7. The van der Waals surface area contributed by atoms with Gasteiger partial charge < -0.3 is 19.1 Å². The summed E-state index contributed by atoms with van der Waals surface area (Å²) >= 11 is 0. The minimum atomic E-state index is 0.673. The number of piperazine rings is 1. The number of methoxy groups -OCH3 is 3. The van der Waals surface area contributed by atoms with E-state index in [0.29, 0.717) is 11.5 Å². The first-order valence-corrected chi connectivity index (χ1v) is 7.96. The quantitative estimate of drug-likeness (QED) is 0.772. The topological polar surface area (TPSA) is 34.2 Å². The number of nitrogens with zero attached hydrogens (tertiary/aromatic N) is 2. The highest BCUT2D eigenvalue weighted by atomic mass is 16.5. The lowest BCUT2D eigenvalue weighted by Gasteiger charge is -2.34. The van der Waals surface area contributed by atoms with E-state index in [1.54, 1.807) is 21.3 Å². The Kier molecular flexibility index (Phi) is 6.34. The Hall–Kier alpha value is -1.46. The maximum absolute atomic E-state index is 5.57. The molecule has 0 N–H and O–H groups in total. The van der Waals surface area contributed by atoms with Crippen LogP contribution in [0, 0.1) is 0 Å². The van der Waals surface area contributed by atoms with Crippen LogP contribution in [0.2, 0.25) is 0 Å². The molecule has 22 heavy (non-hydrogen) atoms. The van der Waals surface area contributed by atoms with Gasteiger partial charge >= 0.3 is 0 Å². The van der Waals surface area contributed by atoms with Crippen LogP contribution in [0.1, 0.15) is 18.9 Å². The van der Waals surface area contributed by atoms with Gasteiger partial charge in [0.25, 0.3) is 0 Å². The number of hydrogen-bond acceptors (Lipinski definition) is 5. The van der Waals surface area contributed by atoms with Crippen LogP contribution in [0.4, 0.5) is 0 Å². The molecule has 0 spiro atoms. The molecule has 5 heteroatoms. The molecule has 0 saturated carbocycles. The largest absolute Gasteiger partial charge is 0.493 e. The minimum absolute atomic E-state index is 0.673. The van der Waals surface area contributed by atoms with E-state index in [1.807, 2.05) is 6.07 Å². The van der Waals surface area contributed by atoms with Crippen LogP contribution in [-0.2, 0) is 6.54 Å². The molecular weight excluding hydrogens is 280 g/mol. The van der Waals surface area contributed by atoms with E-state index in [4.69, 9.17) is 14.2 Å². The normalized spacial score (nSPS) is 16.5. The van der Waals surface area contributed by atoms with Crippen molar-refractivity contribution in [2.75, 3.05) is 54.1 Å². The van der Waals surface area contributed by atoms with E-state index < -0.39 is 0 Å². The number of rotatable bonds is 7. The molecule has 0 aliphatic carbocycles. The van der Waals surface area contributed by atoms with E-state index >= 15 is 0 Å². The van der Waals surface area contributed by atoms with Crippen LogP contribution in [0.3, 0.4) is 0 Å². The van der Waals surface area contributed by atoms with E-state index in [1.165, 1.54) is 13.0 Å². The zero-order chi connectivity index (χ0) is 15.9. The molecule has 1 aliphatic heterocycles. The minimum Gasteiger partial charge on any atom is -0.493 e. The Balaban J connectivity index is 2.07. The Bertz CT molecular complexity index is 471. The summed E-state index contributed by atoms with van der Waals surface area (Å²) in [6, 6.07) is 4.02.